The number of para-hydroxylation sites is 1. The average Bonchev–Trinajstić information content (AvgIpc) is 2.64. The van der Waals surface area contributed by atoms with Crippen LogP contribution in [-0.2, 0) is 13.0 Å². The number of benzene rings is 1. The Bertz CT molecular complexity index is 363. The highest BCUT2D eigenvalue weighted by Crippen LogP contribution is 2.26. The molecule has 0 aliphatic carbocycles. The lowest BCUT2D eigenvalue weighted by Gasteiger charge is -2.19. The van der Waals surface area contributed by atoms with Gasteiger partial charge in [0.25, 0.3) is 0 Å². The van der Waals surface area contributed by atoms with Gasteiger partial charge in [-0.05, 0) is 23.0 Å². The molecule has 0 aromatic heterocycles. The van der Waals surface area contributed by atoms with Gasteiger partial charge in [0, 0.05) is 25.3 Å². The lowest BCUT2D eigenvalue weighted by atomic mass is 9.97. The summed E-state index contributed by atoms with van der Waals surface area (Å²) in [5.41, 5.74) is 4.59. The van der Waals surface area contributed by atoms with Crippen LogP contribution in [0.2, 0.25) is 0 Å². The predicted molar refractivity (Wildman–Crippen MR) is 69.8 cm³/mol. The maximum Gasteiger partial charge on any atom is 0.0419 e. The van der Waals surface area contributed by atoms with Crippen LogP contribution in [0.3, 0.4) is 0 Å². The Morgan fingerprint density at radius 2 is 2.12 bits per heavy atom. The SMILES string of the molecule is CC(C)(C)CNCc1cccc2c1NCC2. The first kappa shape index (κ1) is 11.5. The fourth-order valence-electron chi connectivity index (χ4n) is 2.13. The van der Waals surface area contributed by atoms with Gasteiger partial charge in [0.15, 0.2) is 0 Å². The smallest absolute Gasteiger partial charge is 0.0419 e. The highest BCUT2D eigenvalue weighted by atomic mass is 14.9. The molecule has 1 aliphatic heterocycles. The van der Waals surface area contributed by atoms with E-state index in [1.807, 2.05) is 0 Å². The van der Waals surface area contributed by atoms with Crippen LogP contribution in [-0.4, -0.2) is 13.1 Å². The Morgan fingerprint density at radius 3 is 2.88 bits per heavy atom. The second-order valence-corrected chi connectivity index (χ2v) is 5.79. The highest BCUT2D eigenvalue weighted by Gasteiger charge is 2.14. The molecule has 1 aromatic carbocycles. The van der Waals surface area contributed by atoms with Crippen LogP contribution in [0, 0.1) is 5.41 Å². The van der Waals surface area contributed by atoms with E-state index in [1.165, 1.54) is 23.2 Å². The summed E-state index contributed by atoms with van der Waals surface area (Å²) in [5.74, 6) is 0. The monoisotopic (exact) mass is 218 g/mol. The molecule has 1 aliphatic rings. The van der Waals surface area contributed by atoms with E-state index in [0.29, 0.717) is 5.41 Å². The number of anilines is 1. The Balaban J connectivity index is 1.98. The molecule has 2 nitrogen and oxygen atoms in total. The van der Waals surface area contributed by atoms with Crippen molar-refractivity contribution in [2.75, 3.05) is 18.4 Å². The van der Waals surface area contributed by atoms with Gasteiger partial charge in [-0.3, -0.25) is 0 Å². The summed E-state index contributed by atoms with van der Waals surface area (Å²) in [6.45, 7) is 9.88. The van der Waals surface area contributed by atoms with Crippen LogP contribution in [0.4, 0.5) is 5.69 Å². The quantitative estimate of drug-likeness (QED) is 0.815. The second kappa shape index (κ2) is 4.46. The molecule has 0 fully saturated rings. The first-order valence-electron chi connectivity index (χ1n) is 6.12. The standard InChI is InChI=1S/C14H22N2/c1-14(2,3)10-15-9-12-6-4-5-11-7-8-16-13(11)12/h4-6,15-16H,7-10H2,1-3H3. The topological polar surface area (TPSA) is 24.1 Å². The minimum atomic E-state index is 0.353. The number of hydrogen-bond donors (Lipinski definition) is 2. The lowest BCUT2D eigenvalue weighted by Crippen LogP contribution is -2.26. The van der Waals surface area contributed by atoms with Crippen LogP contribution in [0.1, 0.15) is 31.9 Å². The zero-order chi connectivity index (χ0) is 11.6. The van der Waals surface area contributed by atoms with Crippen LogP contribution < -0.4 is 10.6 Å². The summed E-state index contributed by atoms with van der Waals surface area (Å²) >= 11 is 0. The van der Waals surface area contributed by atoms with Crippen LogP contribution in [0.15, 0.2) is 18.2 Å². The van der Waals surface area contributed by atoms with Gasteiger partial charge in [-0.1, -0.05) is 39.0 Å². The Kier molecular flexibility index (Phi) is 3.20. The van der Waals surface area contributed by atoms with E-state index in [4.69, 9.17) is 0 Å². The molecule has 0 saturated carbocycles. The van der Waals surface area contributed by atoms with Crippen molar-refractivity contribution in [1.29, 1.82) is 0 Å². The van der Waals surface area contributed by atoms with Gasteiger partial charge in [-0.2, -0.15) is 0 Å². The highest BCUT2D eigenvalue weighted by molar-refractivity contribution is 5.61. The van der Waals surface area contributed by atoms with Crippen molar-refractivity contribution in [3.05, 3.63) is 29.3 Å². The molecule has 0 atom stereocenters. The summed E-state index contributed by atoms with van der Waals surface area (Å²) in [6, 6.07) is 6.61. The molecule has 0 amide bonds. The van der Waals surface area contributed by atoms with Gasteiger partial charge in [-0.15, -0.1) is 0 Å². The molecule has 88 valence electrons. The molecule has 0 radical (unpaired) electrons. The third kappa shape index (κ3) is 2.76. The van der Waals surface area contributed by atoms with Crippen molar-refractivity contribution in [2.24, 2.45) is 5.41 Å². The van der Waals surface area contributed by atoms with Gasteiger partial charge in [0.1, 0.15) is 0 Å². The molecular formula is C14H22N2. The summed E-state index contributed by atoms with van der Waals surface area (Å²) in [6.07, 6.45) is 1.17. The van der Waals surface area contributed by atoms with Crippen molar-refractivity contribution in [3.8, 4) is 0 Å². The van der Waals surface area contributed by atoms with E-state index in [0.717, 1.165) is 19.6 Å². The number of hydrogen-bond acceptors (Lipinski definition) is 2. The van der Waals surface area contributed by atoms with Crippen molar-refractivity contribution >= 4 is 5.69 Å². The molecule has 2 rings (SSSR count). The second-order valence-electron chi connectivity index (χ2n) is 5.79. The van der Waals surface area contributed by atoms with E-state index in [-0.39, 0.29) is 0 Å². The van der Waals surface area contributed by atoms with E-state index in [9.17, 15) is 0 Å². The molecule has 0 saturated heterocycles. The molecule has 0 spiro atoms. The molecule has 0 bridgehead atoms. The number of rotatable bonds is 3. The molecule has 2 heteroatoms. The van der Waals surface area contributed by atoms with Crippen molar-refractivity contribution in [1.82, 2.24) is 5.32 Å². The molecule has 1 aromatic rings. The molecule has 16 heavy (non-hydrogen) atoms. The van der Waals surface area contributed by atoms with E-state index in [2.05, 4.69) is 49.6 Å². The minimum Gasteiger partial charge on any atom is -0.384 e. The van der Waals surface area contributed by atoms with Crippen LogP contribution in [0.25, 0.3) is 0 Å². The van der Waals surface area contributed by atoms with E-state index in [1.54, 1.807) is 0 Å². The van der Waals surface area contributed by atoms with Crippen LogP contribution in [0.5, 0.6) is 0 Å². The number of nitrogens with one attached hydrogen (secondary N) is 2. The van der Waals surface area contributed by atoms with Gasteiger partial charge >= 0.3 is 0 Å². The third-order valence-electron chi connectivity index (χ3n) is 2.90. The summed E-state index contributed by atoms with van der Waals surface area (Å²) in [5, 5.41) is 7.01. The predicted octanol–water partition coefficient (Wildman–Crippen LogP) is 2.79. The van der Waals surface area contributed by atoms with Gasteiger partial charge in [0.05, 0.1) is 0 Å². The van der Waals surface area contributed by atoms with Crippen LogP contribution >= 0.6 is 0 Å². The average molecular weight is 218 g/mol. The first-order chi connectivity index (χ1) is 7.56. The maximum atomic E-state index is 3.53. The van der Waals surface area contributed by atoms with Gasteiger partial charge in [-0.25, -0.2) is 0 Å². The molecule has 0 unspecified atom stereocenters. The fraction of sp³-hybridized carbons (Fsp3) is 0.571. The maximum absolute atomic E-state index is 3.53. The lowest BCUT2D eigenvalue weighted by molar-refractivity contribution is 0.379. The molecular weight excluding hydrogens is 196 g/mol. The summed E-state index contributed by atoms with van der Waals surface area (Å²) in [4.78, 5) is 0. The third-order valence-corrected chi connectivity index (χ3v) is 2.90. The van der Waals surface area contributed by atoms with E-state index < -0.39 is 0 Å². The molecule has 2 N–H and O–H groups in total. The van der Waals surface area contributed by atoms with E-state index >= 15 is 0 Å². The van der Waals surface area contributed by atoms with Crippen molar-refractivity contribution in [3.63, 3.8) is 0 Å². The van der Waals surface area contributed by atoms with Gasteiger partial charge < -0.3 is 10.6 Å². The van der Waals surface area contributed by atoms with Crippen molar-refractivity contribution in [2.45, 2.75) is 33.7 Å². The van der Waals surface area contributed by atoms with Crippen molar-refractivity contribution < 1.29 is 0 Å². The zero-order valence-electron chi connectivity index (χ0n) is 10.6. The number of fused-ring (bicyclic) bond motifs is 1. The van der Waals surface area contributed by atoms with Gasteiger partial charge in [0.2, 0.25) is 0 Å². The minimum absolute atomic E-state index is 0.353. The summed E-state index contributed by atoms with van der Waals surface area (Å²) in [7, 11) is 0. The Hall–Kier alpha value is -1.02. The zero-order valence-corrected chi connectivity index (χ0v) is 10.6. The first-order valence-corrected chi connectivity index (χ1v) is 6.12. The normalized spacial score (nSPS) is 14.7. The Morgan fingerprint density at radius 1 is 1.31 bits per heavy atom. The Labute approximate surface area is 98.4 Å². The molecule has 1 heterocycles. The largest absolute Gasteiger partial charge is 0.384 e. The summed E-state index contributed by atoms with van der Waals surface area (Å²) < 4.78 is 0. The fourth-order valence-corrected chi connectivity index (χ4v) is 2.13.